The summed E-state index contributed by atoms with van der Waals surface area (Å²) in [6, 6.07) is 60.5. The Balaban J connectivity index is 1.12. The lowest BCUT2D eigenvalue weighted by Crippen LogP contribution is -2.00. The summed E-state index contributed by atoms with van der Waals surface area (Å²) in [6.45, 7) is 0. The van der Waals surface area contributed by atoms with Gasteiger partial charge in [0.15, 0.2) is 17.5 Å². The molecule has 10 aromatic rings. The first-order chi connectivity index (χ1) is 27.7. The van der Waals surface area contributed by atoms with E-state index in [0.29, 0.717) is 17.5 Å². The monoisotopic (exact) mass is 716 g/mol. The highest BCUT2D eigenvalue weighted by molar-refractivity contribution is 6.08. The zero-order valence-electron chi connectivity index (χ0n) is 30.2. The van der Waals surface area contributed by atoms with Gasteiger partial charge in [0, 0.05) is 51.6 Å². The molecule has 56 heavy (non-hydrogen) atoms. The number of nitrogens with zero attached hydrogens (tertiary/aromatic N) is 6. The molecule has 4 aromatic heterocycles. The molecular weight excluding hydrogens is 685 g/mol. The first-order valence-corrected chi connectivity index (χ1v) is 18.5. The third kappa shape index (κ3) is 6.35. The fourth-order valence-electron chi connectivity index (χ4n) is 7.22. The van der Waals surface area contributed by atoms with E-state index in [4.69, 9.17) is 19.9 Å². The average molecular weight is 717 g/mol. The van der Waals surface area contributed by atoms with E-state index < -0.39 is 0 Å². The van der Waals surface area contributed by atoms with E-state index in [2.05, 4.69) is 101 Å². The van der Waals surface area contributed by atoms with Gasteiger partial charge in [-0.05, 0) is 69.8 Å². The van der Waals surface area contributed by atoms with E-state index in [9.17, 15) is 0 Å². The van der Waals surface area contributed by atoms with Crippen LogP contribution < -0.4 is 0 Å². The number of hydrogen-bond acceptors (Lipinski definition) is 6. The SMILES string of the molecule is c1ccc(-c2ccc(-c3cc(-c4ccc(-c5nc6cccnc6c6cnccc56)cc4)cc(-c4nc(-c5ccccc5)nc(-c5ccccc5)n4)c3)cc2)cc1. The molecule has 0 aliphatic heterocycles. The van der Waals surface area contributed by atoms with Gasteiger partial charge in [0.1, 0.15) is 0 Å². The van der Waals surface area contributed by atoms with Crippen molar-refractivity contribution >= 4 is 21.8 Å². The Bertz CT molecular complexity index is 2930. The van der Waals surface area contributed by atoms with Gasteiger partial charge in [-0.15, -0.1) is 0 Å². The molecule has 0 N–H and O–H groups in total. The average Bonchev–Trinajstić information content (AvgIpc) is 3.29. The second kappa shape index (κ2) is 14.3. The normalized spacial score (nSPS) is 11.2. The second-order valence-electron chi connectivity index (χ2n) is 13.6. The summed E-state index contributed by atoms with van der Waals surface area (Å²) < 4.78 is 0. The topological polar surface area (TPSA) is 77.3 Å². The summed E-state index contributed by atoms with van der Waals surface area (Å²) in [5, 5.41) is 2.00. The van der Waals surface area contributed by atoms with Crippen LogP contribution in [0.2, 0.25) is 0 Å². The number of pyridine rings is 3. The molecule has 0 spiro atoms. The van der Waals surface area contributed by atoms with Crippen LogP contribution in [0, 0.1) is 0 Å². The molecule has 0 unspecified atom stereocenters. The van der Waals surface area contributed by atoms with Crippen LogP contribution in [0.25, 0.3) is 101 Å². The zero-order chi connectivity index (χ0) is 37.3. The molecule has 0 bridgehead atoms. The van der Waals surface area contributed by atoms with Crippen LogP contribution >= 0.6 is 0 Å². The quantitative estimate of drug-likeness (QED) is 0.153. The lowest BCUT2D eigenvalue weighted by Gasteiger charge is -2.13. The molecule has 0 fully saturated rings. The van der Waals surface area contributed by atoms with Crippen LogP contribution in [0.1, 0.15) is 0 Å². The molecule has 6 heteroatoms. The summed E-state index contributed by atoms with van der Waals surface area (Å²) in [5.74, 6) is 1.85. The van der Waals surface area contributed by atoms with Gasteiger partial charge >= 0.3 is 0 Å². The van der Waals surface area contributed by atoms with Crippen molar-refractivity contribution < 1.29 is 0 Å². The maximum Gasteiger partial charge on any atom is 0.164 e. The minimum absolute atomic E-state index is 0.604. The Morgan fingerprint density at radius 1 is 0.304 bits per heavy atom. The van der Waals surface area contributed by atoms with Gasteiger partial charge in [-0.1, -0.05) is 140 Å². The molecule has 0 amide bonds. The van der Waals surface area contributed by atoms with E-state index in [-0.39, 0.29) is 0 Å². The second-order valence-corrected chi connectivity index (χ2v) is 13.6. The number of benzene rings is 6. The van der Waals surface area contributed by atoms with Crippen molar-refractivity contribution in [2.45, 2.75) is 0 Å². The molecule has 6 nitrogen and oxygen atoms in total. The van der Waals surface area contributed by atoms with Crippen molar-refractivity contribution in [2.24, 2.45) is 0 Å². The van der Waals surface area contributed by atoms with Gasteiger partial charge < -0.3 is 0 Å². The first-order valence-electron chi connectivity index (χ1n) is 18.5. The molecule has 0 aliphatic carbocycles. The van der Waals surface area contributed by atoms with Crippen molar-refractivity contribution in [2.75, 3.05) is 0 Å². The van der Waals surface area contributed by atoms with Gasteiger partial charge in [-0.3, -0.25) is 9.97 Å². The molecular formula is C50H32N6. The number of aromatic nitrogens is 6. The molecule has 6 aromatic carbocycles. The van der Waals surface area contributed by atoms with E-state index in [1.54, 1.807) is 6.20 Å². The molecule has 0 saturated carbocycles. The molecule has 0 radical (unpaired) electrons. The van der Waals surface area contributed by atoms with Gasteiger partial charge in [0.2, 0.25) is 0 Å². The van der Waals surface area contributed by atoms with Crippen LogP contribution in [0.3, 0.4) is 0 Å². The smallest absolute Gasteiger partial charge is 0.164 e. The van der Waals surface area contributed by atoms with E-state index in [1.807, 2.05) is 97.3 Å². The fraction of sp³-hybridized carbons (Fsp3) is 0. The predicted molar refractivity (Wildman–Crippen MR) is 226 cm³/mol. The Hall–Kier alpha value is -7.70. The van der Waals surface area contributed by atoms with Gasteiger partial charge in [0.25, 0.3) is 0 Å². The van der Waals surface area contributed by atoms with Crippen molar-refractivity contribution in [3.8, 4) is 78.8 Å². The number of rotatable bonds is 7. The highest BCUT2D eigenvalue weighted by Gasteiger charge is 2.16. The summed E-state index contributed by atoms with van der Waals surface area (Å²) >= 11 is 0. The summed E-state index contributed by atoms with van der Waals surface area (Å²) in [7, 11) is 0. The molecule has 0 aliphatic rings. The van der Waals surface area contributed by atoms with Crippen molar-refractivity contribution in [3.05, 3.63) is 195 Å². The van der Waals surface area contributed by atoms with Crippen LogP contribution in [0.15, 0.2) is 195 Å². The Kier molecular flexibility index (Phi) is 8.39. The van der Waals surface area contributed by atoms with Crippen molar-refractivity contribution in [1.82, 2.24) is 29.9 Å². The third-order valence-corrected chi connectivity index (χ3v) is 10.1. The largest absolute Gasteiger partial charge is 0.264 e. The fourth-order valence-corrected chi connectivity index (χ4v) is 7.22. The maximum absolute atomic E-state index is 5.09. The Morgan fingerprint density at radius 2 is 0.768 bits per heavy atom. The van der Waals surface area contributed by atoms with Crippen LogP contribution in [-0.4, -0.2) is 29.9 Å². The summed E-state index contributed by atoms with van der Waals surface area (Å²) in [6.07, 6.45) is 5.48. The van der Waals surface area contributed by atoms with Crippen LogP contribution in [0.5, 0.6) is 0 Å². The zero-order valence-corrected chi connectivity index (χ0v) is 30.2. The molecule has 0 atom stereocenters. The number of hydrogen-bond donors (Lipinski definition) is 0. The lowest BCUT2D eigenvalue weighted by molar-refractivity contribution is 1.07. The minimum atomic E-state index is 0.604. The summed E-state index contributed by atoms with van der Waals surface area (Å²) in [5.41, 5.74) is 13.0. The van der Waals surface area contributed by atoms with Crippen LogP contribution in [0.4, 0.5) is 0 Å². The standard InChI is InChI=1S/C50H32N6/c1-4-11-33(12-5-1)34-18-20-35(21-19-34)40-29-41(36-22-24-37(25-23-36)46-43-26-28-51-32-44(43)47-45(53-46)17-10-27-52-47)31-42(30-40)50-55-48(38-13-6-2-7-14-38)54-49(56-50)39-15-8-3-9-16-39/h1-32H. The number of fused-ring (bicyclic) bond motifs is 3. The third-order valence-electron chi connectivity index (χ3n) is 10.1. The first kappa shape index (κ1) is 32.9. The van der Waals surface area contributed by atoms with E-state index >= 15 is 0 Å². The molecule has 4 heterocycles. The van der Waals surface area contributed by atoms with Gasteiger partial charge in [-0.2, -0.15) is 0 Å². The minimum Gasteiger partial charge on any atom is -0.264 e. The summed E-state index contributed by atoms with van der Waals surface area (Å²) in [4.78, 5) is 29.2. The van der Waals surface area contributed by atoms with Gasteiger partial charge in [-0.25, -0.2) is 19.9 Å². The maximum atomic E-state index is 5.09. The van der Waals surface area contributed by atoms with E-state index in [0.717, 1.165) is 72.0 Å². The predicted octanol–water partition coefficient (Wildman–Crippen LogP) is 12.0. The highest BCUT2D eigenvalue weighted by Crippen LogP contribution is 2.36. The molecule has 262 valence electrons. The van der Waals surface area contributed by atoms with Gasteiger partial charge in [0.05, 0.1) is 16.7 Å². The molecule has 0 saturated heterocycles. The highest BCUT2D eigenvalue weighted by atomic mass is 15.0. The lowest BCUT2D eigenvalue weighted by atomic mass is 9.93. The Morgan fingerprint density at radius 3 is 1.34 bits per heavy atom. The van der Waals surface area contributed by atoms with Crippen LogP contribution in [-0.2, 0) is 0 Å². The van der Waals surface area contributed by atoms with Crippen molar-refractivity contribution in [1.29, 1.82) is 0 Å². The van der Waals surface area contributed by atoms with E-state index in [1.165, 1.54) is 11.1 Å². The Labute approximate surface area is 324 Å². The van der Waals surface area contributed by atoms with Crippen molar-refractivity contribution in [3.63, 3.8) is 0 Å². The molecule has 10 rings (SSSR count).